The first-order valence-corrected chi connectivity index (χ1v) is 8.00. The molecule has 3 rings (SSSR count). The van der Waals surface area contributed by atoms with E-state index in [0.29, 0.717) is 5.92 Å². The van der Waals surface area contributed by atoms with Crippen molar-refractivity contribution < 1.29 is 0 Å². The second-order valence-electron chi connectivity index (χ2n) is 5.49. The summed E-state index contributed by atoms with van der Waals surface area (Å²) >= 11 is 1.74. The Labute approximate surface area is 123 Å². The van der Waals surface area contributed by atoms with Gasteiger partial charge in [0.05, 0.1) is 22.1 Å². The van der Waals surface area contributed by atoms with E-state index in [1.165, 1.54) is 18.5 Å². The minimum atomic E-state index is 0.566. The van der Waals surface area contributed by atoms with Crippen molar-refractivity contribution in [3.05, 3.63) is 39.9 Å². The molecule has 0 aromatic carbocycles. The van der Waals surface area contributed by atoms with E-state index in [-0.39, 0.29) is 0 Å². The monoisotopic (exact) mass is 288 g/mol. The van der Waals surface area contributed by atoms with E-state index in [1.807, 2.05) is 19.3 Å². The number of likely N-dealkylation sites (tertiary alicyclic amines) is 1. The van der Waals surface area contributed by atoms with Crippen molar-refractivity contribution in [3.8, 4) is 0 Å². The van der Waals surface area contributed by atoms with Crippen LogP contribution in [0.1, 0.15) is 40.8 Å². The van der Waals surface area contributed by atoms with Crippen molar-refractivity contribution in [1.82, 2.24) is 19.9 Å². The Hall–Kier alpha value is -1.33. The van der Waals surface area contributed by atoms with Crippen LogP contribution in [-0.2, 0) is 6.54 Å². The van der Waals surface area contributed by atoms with Gasteiger partial charge in [0.15, 0.2) is 0 Å². The lowest BCUT2D eigenvalue weighted by atomic mass is 9.93. The number of hydrogen-bond donors (Lipinski definition) is 0. The molecule has 106 valence electrons. The van der Waals surface area contributed by atoms with E-state index in [2.05, 4.69) is 32.2 Å². The number of aryl methyl sites for hydroxylation is 2. The van der Waals surface area contributed by atoms with Crippen molar-refractivity contribution in [1.29, 1.82) is 0 Å². The molecule has 0 amide bonds. The predicted octanol–water partition coefficient (Wildman–Crippen LogP) is 2.93. The molecule has 2 aromatic heterocycles. The summed E-state index contributed by atoms with van der Waals surface area (Å²) in [6.45, 7) is 7.30. The molecular weight excluding hydrogens is 268 g/mol. The van der Waals surface area contributed by atoms with E-state index >= 15 is 0 Å². The number of aromatic nitrogens is 3. The summed E-state index contributed by atoms with van der Waals surface area (Å²) in [5.74, 6) is 0.566. The van der Waals surface area contributed by atoms with Crippen molar-refractivity contribution in [2.45, 2.75) is 39.2 Å². The molecule has 0 unspecified atom stereocenters. The van der Waals surface area contributed by atoms with E-state index in [1.54, 1.807) is 11.3 Å². The van der Waals surface area contributed by atoms with Crippen LogP contribution in [0.5, 0.6) is 0 Å². The van der Waals surface area contributed by atoms with Gasteiger partial charge in [0.2, 0.25) is 0 Å². The standard InChI is InChI=1S/C15H20N4S/c1-11-7-16-8-15(17-11)13-3-5-19(6-4-13)9-14-10-20-12(2)18-14/h7-8,10,13H,3-6,9H2,1-2H3. The molecule has 0 radical (unpaired) electrons. The van der Waals surface area contributed by atoms with Gasteiger partial charge in [-0.3, -0.25) is 14.9 Å². The third kappa shape index (κ3) is 3.22. The number of piperidine rings is 1. The molecule has 3 heterocycles. The lowest BCUT2D eigenvalue weighted by Gasteiger charge is -2.31. The van der Waals surface area contributed by atoms with Crippen LogP contribution in [0.2, 0.25) is 0 Å². The van der Waals surface area contributed by atoms with E-state index in [0.717, 1.165) is 36.0 Å². The van der Waals surface area contributed by atoms with Gasteiger partial charge in [-0.1, -0.05) is 0 Å². The fraction of sp³-hybridized carbons (Fsp3) is 0.533. The molecule has 1 aliphatic heterocycles. The summed E-state index contributed by atoms with van der Waals surface area (Å²) in [5, 5.41) is 3.33. The maximum Gasteiger partial charge on any atom is 0.0897 e. The van der Waals surface area contributed by atoms with Crippen LogP contribution in [0.15, 0.2) is 17.8 Å². The summed E-state index contributed by atoms with van der Waals surface area (Å²) < 4.78 is 0. The molecule has 4 nitrogen and oxygen atoms in total. The highest BCUT2D eigenvalue weighted by atomic mass is 32.1. The van der Waals surface area contributed by atoms with Crippen LogP contribution in [0, 0.1) is 13.8 Å². The predicted molar refractivity (Wildman–Crippen MR) is 80.9 cm³/mol. The summed E-state index contributed by atoms with van der Waals surface area (Å²) in [6, 6.07) is 0. The largest absolute Gasteiger partial charge is 0.297 e. The normalized spacial score (nSPS) is 17.5. The average molecular weight is 288 g/mol. The second-order valence-corrected chi connectivity index (χ2v) is 6.56. The summed E-state index contributed by atoms with van der Waals surface area (Å²) in [7, 11) is 0. The molecule has 0 N–H and O–H groups in total. The Morgan fingerprint density at radius 3 is 2.65 bits per heavy atom. The third-order valence-corrected chi connectivity index (χ3v) is 4.65. The van der Waals surface area contributed by atoms with Gasteiger partial charge in [-0.15, -0.1) is 11.3 Å². The maximum absolute atomic E-state index is 4.62. The molecule has 5 heteroatoms. The van der Waals surface area contributed by atoms with Crippen molar-refractivity contribution in [2.24, 2.45) is 0 Å². The van der Waals surface area contributed by atoms with Crippen molar-refractivity contribution >= 4 is 11.3 Å². The van der Waals surface area contributed by atoms with Gasteiger partial charge in [-0.25, -0.2) is 4.98 Å². The van der Waals surface area contributed by atoms with Gasteiger partial charge in [0.25, 0.3) is 0 Å². The Bertz CT molecular complexity index is 573. The molecule has 1 aliphatic rings. The van der Waals surface area contributed by atoms with Crippen LogP contribution in [0.3, 0.4) is 0 Å². The lowest BCUT2D eigenvalue weighted by Crippen LogP contribution is -2.32. The Kier molecular flexibility index (Phi) is 4.08. The number of nitrogens with zero attached hydrogens (tertiary/aromatic N) is 4. The van der Waals surface area contributed by atoms with Gasteiger partial charge in [-0.05, 0) is 39.8 Å². The molecule has 0 bridgehead atoms. The molecule has 0 saturated carbocycles. The molecule has 20 heavy (non-hydrogen) atoms. The quantitative estimate of drug-likeness (QED) is 0.871. The van der Waals surface area contributed by atoms with Crippen LogP contribution < -0.4 is 0 Å². The SMILES string of the molecule is Cc1cncc(C2CCN(Cc3csc(C)n3)CC2)n1. The topological polar surface area (TPSA) is 41.9 Å². The molecule has 0 aliphatic carbocycles. The van der Waals surface area contributed by atoms with Crippen LogP contribution in [-0.4, -0.2) is 32.9 Å². The minimum absolute atomic E-state index is 0.566. The molecule has 0 spiro atoms. The number of thiazole rings is 1. The summed E-state index contributed by atoms with van der Waals surface area (Å²) in [4.78, 5) is 15.9. The van der Waals surface area contributed by atoms with Gasteiger partial charge < -0.3 is 0 Å². The molecule has 0 atom stereocenters. The van der Waals surface area contributed by atoms with E-state index < -0.39 is 0 Å². The maximum atomic E-state index is 4.62. The first kappa shape index (κ1) is 13.6. The Balaban J connectivity index is 1.57. The smallest absolute Gasteiger partial charge is 0.0897 e. The number of rotatable bonds is 3. The molecule has 2 aromatic rings. The highest BCUT2D eigenvalue weighted by Crippen LogP contribution is 2.27. The minimum Gasteiger partial charge on any atom is -0.297 e. The van der Waals surface area contributed by atoms with Crippen molar-refractivity contribution in [3.63, 3.8) is 0 Å². The summed E-state index contributed by atoms with van der Waals surface area (Å²) in [6.07, 6.45) is 6.09. The number of hydrogen-bond acceptors (Lipinski definition) is 5. The zero-order chi connectivity index (χ0) is 13.9. The highest BCUT2D eigenvalue weighted by molar-refractivity contribution is 7.09. The van der Waals surface area contributed by atoms with Gasteiger partial charge in [0.1, 0.15) is 0 Å². The Morgan fingerprint density at radius 1 is 1.20 bits per heavy atom. The molecule has 1 saturated heterocycles. The second kappa shape index (κ2) is 5.97. The van der Waals surface area contributed by atoms with Gasteiger partial charge in [-0.2, -0.15) is 0 Å². The lowest BCUT2D eigenvalue weighted by molar-refractivity contribution is 0.201. The first-order chi connectivity index (χ1) is 9.70. The third-order valence-electron chi connectivity index (χ3n) is 3.83. The molecule has 1 fully saturated rings. The van der Waals surface area contributed by atoms with Gasteiger partial charge >= 0.3 is 0 Å². The first-order valence-electron chi connectivity index (χ1n) is 7.12. The van der Waals surface area contributed by atoms with Gasteiger partial charge in [0, 0.05) is 30.2 Å². The van der Waals surface area contributed by atoms with Crippen LogP contribution in [0.25, 0.3) is 0 Å². The fourth-order valence-electron chi connectivity index (χ4n) is 2.78. The van der Waals surface area contributed by atoms with E-state index in [4.69, 9.17) is 0 Å². The fourth-order valence-corrected chi connectivity index (χ4v) is 3.38. The average Bonchev–Trinajstić information content (AvgIpc) is 2.85. The molecular formula is C15H20N4S. The zero-order valence-corrected chi connectivity index (χ0v) is 12.9. The highest BCUT2D eigenvalue weighted by Gasteiger charge is 2.22. The van der Waals surface area contributed by atoms with Crippen molar-refractivity contribution in [2.75, 3.05) is 13.1 Å². The summed E-state index contributed by atoms with van der Waals surface area (Å²) in [5.41, 5.74) is 3.39. The van der Waals surface area contributed by atoms with Crippen LogP contribution in [0.4, 0.5) is 0 Å². The van der Waals surface area contributed by atoms with E-state index in [9.17, 15) is 0 Å². The Morgan fingerprint density at radius 2 is 2.00 bits per heavy atom. The van der Waals surface area contributed by atoms with Crippen LogP contribution >= 0.6 is 11.3 Å². The zero-order valence-electron chi connectivity index (χ0n) is 12.0.